The maximum absolute atomic E-state index is 12.0. The lowest BCUT2D eigenvalue weighted by Gasteiger charge is -2.14. The average Bonchev–Trinajstić information content (AvgIpc) is 2.90. The van der Waals surface area contributed by atoms with Crippen molar-refractivity contribution in [1.82, 2.24) is 29.6 Å². The van der Waals surface area contributed by atoms with Crippen LogP contribution in [0.3, 0.4) is 0 Å². The number of nitrogens with one attached hydrogen (secondary N) is 1. The normalized spacial score (nSPS) is 12.1. The van der Waals surface area contributed by atoms with Gasteiger partial charge >= 0.3 is 5.69 Å². The zero-order chi connectivity index (χ0) is 15.2. The molecule has 0 aliphatic rings. The van der Waals surface area contributed by atoms with Gasteiger partial charge in [-0.05, 0) is 19.4 Å². The number of aromatic nitrogens is 5. The molecule has 0 aromatic carbocycles. The smallest absolute Gasteiger partial charge is 0.345 e. The fraction of sp³-hybridized carbons (Fsp3) is 0.462. The zero-order valence-corrected chi connectivity index (χ0v) is 12.1. The van der Waals surface area contributed by atoms with Gasteiger partial charge in [-0.3, -0.25) is 9.36 Å². The van der Waals surface area contributed by atoms with E-state index in [4.69, 9.17) is 0 Å². The second-order valence-corrected chi connectivity index (χ2v) is 4.70. The fourth-order valence-corrected chi connectivity index (χ4v) is 2.03. The minimum Gasteiger partial charge on any atom is -0.345 e. The van der Waals surface area contributed by atoms with Crippen LogP contribution in [0, 0.1) is 0 Å². The second kappa shape index (κ2) is 6.78. The Morgan fingerprint density at radius 2 is 2.24 bits per heavy atom. The number of amides is 1. The van der Waals surface area contributed by atoms with E-state index >= 15 is 0 Å². The number of rotatable bonds is 6. The third kappa shape index (κ3) is 3.74. The molecule has 0 bridgehead atoms. The maximum atomic E-state index is 12.0. The number of nitrogens with zero attached hydrogens (tertiary/aromatic N) is 5. The minimum absolute atomic E-state index is 0.0705. The lowest BCUT2D eigenvalue weighted by Crippen LogP contribution is -2.35. The van der Waals surface area contributed by atoms with Gasteiger partial charge in [0, 0.05) is 18.9 Å². The molecule has 0 aliphatic carbocycles. The highest BCUT2D eigenvalue weighted by atomic mass is 16.2. The Labute approximate surface area is 121 Å². The molecule has 1 atom stereocenters. The third-order valence-corrected chi connectivity index (χ3v) is 2.97. The molecule has 0 spiro atoms. The van der Waals surface area contributed by atoms with E-state index in [2.05, 4.69) is 27.4 Å². The van der Waals surface area contributed by atoms with E-state index in [9.17, 15) is 9.59 Å². The third-order valence-electron chi connectivity index (χ3n) is 2.97. The summed E-state index contributed by atoms with van der Waals surface area (Å²) in [6, 6.07) is 1.33. The van der Waals surface area contributed by atoms with Gasteiger partial charge in [0.1, 0.15) is 12.9 Å². The summed E-state index contributed by atoms with van der Waals surface area (Å²) in [5.74, 6) is 0.424. The first kappa shape index (κ1) is 14.9. The number of hydrogen-bond acceptors (Lipinski definition) is 5. The quantitative estimate of drug-likeness (QED) is 0.815. The van der Waals surface area contributed by atoms with Crippen LogP contribution in [-0.2, 0) is 17.9 Å². The van der Waals surface area contributed by atoms with Crippen LogP contribution in [0.4, 0.5) is 0 Å². The van der Waals surface area contributed by atoms with Crippen molar-refractivity contribution < 1.29 is 4.79 Å². The van der Waals surface area contributed by atoms with E-state index in [0.29, 0.717) is 5.82 Å². The van der Waals surface area contributed by atoms with Crippen LogP contribution in [0.1, 0.15) is 32.1 Å². The largest absolute Gasteiger partial charge is 0.347 e. The van der Waals surface area contributed by atoms with E-state index < -0.39 is 5.69 Å². The van der Waals surface area contributed by atoms with Gasteiger partial charge in [-0.2, -0.15) is 0 Å². The number of carbonyl (C=O) groups excluding carboxylic acids is 1. The predicted molar refractivity (Wildman–Crippen MR) is 75.4 cm³/mol. The van der Waals surface area contributed by atoms with Crippen molar-refractivity contribution in [3.8, 4) is 0 Å². The molecule has 0 saturated heterocycles. The molecule has 8 heteroatoms. The van der Waals surface area contributed by atoms with Gasteiger partial charge in [-0.1, -0.05) is 6.92 Å². The summed E-state index contributed by atoms with van der Waals surface area (Å²) >= 11 is 0. The summed E-state index contributed by atoms with van der Waals surface area (Å²) in [4.78, 5) is 27.0. The highest BCUT2D eigenvalue weighted by Gasteiger charge is 2.15. The predicted octanol–water partition coefficient (Wildman–Crippen LogP) is 0.122. The summed E-state index contributed by atoms with van der Waals surface area (Å²) in [6.07, 6.45) is 5.52. The van der Waals surface area contributed by atoms with E-state index in [1.807, 2.05) is 11.5 Å². The van der Waals surface area contributed by atoms with Crippen molar-refractivity contribution in [2.75, 3.05) is 0 Å². The van der Waals surface area contributed by atoms with Crippen LogP contribution in [0.15, 0.2) is 29.6 Å². The zero-order valence-electron chi connectivity index (χ0n) is 12.1. The van der Waals surface area contributed by atoms with Crippen molar-refractivity contribution in [3.05, 3.63) is 41.1 Å². The molecule has 2 heterocycles. The molecular weight excluding hydrogens is 272 g/mol. The SMILES string of the molecule is CCCn1cnnc1[C@H](C)NC(=O)Cn1cccnc1=O. The first-order valence-corrected chi connectivity index (χ1v) is 6.80. The topological polar surface area (TPSA) is 94.7 Å². The summed E-state index contributed by atoms with van der Waals surface area (Å²) in [7, 11) is 0. The molecule has 2 rings (SSSR count). The van der Waals surface area contributed by atoms with Crippen molar-refractivity contribution in [2.24, 2.45) is 0 Å². The van der Waals surface area contributed by atoms with E-state index in [1.54, 1.807) is 12.4 Å². The van der Waals surface area contributed by atoms with Crippen LogP contribution in [0.25, 0.3) is 0 Å². The summed E-state index contributed by atoms with van der Waals surface area (Å²) in [6.45, 7) is 4.62. The van der Waals surface area contributed by atoms with Crippen LogP contribution in [0.2, 0.25) is 0 Å². The van der Waals surface area contributed by atoms with Crippen molar-refractivity contribution in [2.45, 2.75) is 39.4 Å². The molecule has 1 amide bonds. The van der Waals surface area contributed by atoms with Crippen LogP contribution >= 0.6 is 0 Å². The van der Waals surface area contributed by atoms with Crippen LogP contribution < -0.4 is 11.0 Å². The molecule has 8 nitrogen and oxygen atoms in total. The molecule has 0 aliphatic heterocycles. The number of hydrogen-bond donors (Lipinski definition) is 1. The average molecular weight is 290 g/mol. The van der Waals surface area contributed by atoms with Crippen molar-refractivity contribution in [3.63, 3.8) is 0 Å². The Morgan fingerprint density at radius 3 is 2.95 bits per heavy atom. The standard InChI is InChI=1S/C13H18N6O2/c1-3-6-19-9-15-17-12(19)10(2)16-11(20)8-18-7-4-5-14-13(18)21/h4-5,7,9-10H,3,6,8H2,1-2H3,(H,16,20)/t10-/m0/s1. The molecule has 112 valence electrons. The summed E-state index contributed by atoms with van der Waals surface area (Å²) in [5.41, 5.74) is -0.450. The van der Waals surface area contributed by atoms with Gasteiger partial charge < -0.3 is 9.88 Å². The minimum atomic E-state index is -0.450. The Morgan fingerprint density at radius 1 is 1.43 bits per heavy atom. The van der Waals surface area contributed by atoms with Gasteiger partial charge in [-0.25, -0.2) is 9.78 Å². The molecule has 2 aromatic heterocycles. The highest BCUT2D eigenvalue weighted by molar-refractivity contribution is 5.76. The van der Waals surface area contributed by atoms with Crippen molar-refractivity contribution in [1.29, 1.82) is 0 Å². The van der Waals surface area contributed by atoms with Crippen molar-refractivity contribution >= 4 is 5.91 Å². The Hall–Kier alpha value is -2.51. The van der Waals surface area contributed by atoms with E-state index in [1.165, 1.54) is 17.0 Å². The van der Waals surface area contributed by atoms with E-state index in [0.717, 1.165) is 13.0 Å². The maximum Gasteiger partial charge on any atom is 0.347 e. The van der Waals surface area contributed by atoms with Gasteiger partial charge in [0.15, 0.2) is 5.82 Å². The molecule has 0 radical (unpaired) electrons. The molecule has 1 N–H and O–H groups in total. The lowest BCUT2D eigenvalue weighted by molar-refractivity contribution is -0.122. The lowest BCUT2D eigenvalue weighted by atomic mass is 10.3. The monoisotopic (exact) mass is 290 g/mol. The molecule has 0 saturated carbocycles. The Bertz CT molecular complexity index is 662. The van der Waals surface area contributed by atoms with Gasteiger partial charge in [0.25, 0.3) is 0 Å². The molecular formula is C13H18N6O2. The first-order chi connectivity index (χ1) is 10.1. The molecule has 2 aromatic rings. The summed E-state index contributed by atoms with van der Waals surface area (Å²) < 4.78 is 3.15. The molecule has 21 heavy (non-hydrogen) atoms. The van der Waals surface area contributed by atoms with Gasteiger partial charge in [0.05, 0.1) is 6.04 Å². The fourth-order valence-electron chi connectivity index (χ4n) is 2.03. The Kier molecular flexibility index (Phi) is 4.81. The summed E-state index contributed by atoms with van der Waals surface area (Å²) in [5, 5.41) is 10.7. The second-order valence-electron chi connectivity index (χ2n) is 4.70. The van der Waals surface area contributed by atoms with Crippen LogP contribution in [-0.4, -0.2) is 30.2 Å². The van der Waals surface area contributed by atoms with E-state index in [-0.39, 0.29) is 18.5 Å². The molecule has 0 unspecified atom stereocenters. The first-order valence-electron chi connectivity index (χ1n) is 6.80. The van der Waals surface area contributed by atoms with Crippen LogP contribution in [0.5, 0.6) is 0 Å². The molecule has 0 fully saturated rings. The number of carbonyl (C=O) groups is 1. The Balaban J connectivity index is 2.01. The number of aryl methyl sites for hydroxylation is 1. The van der Waals surface area contributed by atoms with Gasteiger partial charge in [-0.15, -0.1) is 10.2 Å². The van der Waals surface area contributed by atoms with Gasteiger partial charge in [0.2, 0.25) is 5.91 Å². The highest BCUT2D eigenvalue weighted by Crippen LogP contribution is 2.09.